The van der Waals surface area contributed by atoms with Crippen LogP contribution in [0.2, 0.25) is 0 Å². The van der Waals surface area contributed by atoms with Crippen molar-refractivity contribution >= 4 is 0 Å². The normalized spacial score (nSPS) is 25.4. The molecule has 3 atom stereocenters. The second kappa shape index (κ2) is 7.41. The molecule has 0 amide bonds. The molecule has 0 aromatic carbocycles. The number of piperazine rings is 1. The van der Waals surface area contributed by atoms with Gasteiger partial charge in [0.2, 0.25) is 0 Å². The lowest BCUT2D eigenvalue weighted by molar-refractivity contribution is 0.0831. The molecular formula is C17H32N4. The Labute approximate surface area is 129 Å². The van der Waals surface area contributed by atoms with Crippen LogP contribution in [0.15, 0.2) is 12.4 Å². The first kappa shape index (κ1) is 16.5. The molecule has 21 heavy (non-hydrogen) atoms. The SMILES string of the molecule is CCC(C)C1CN(CCc2cnn(C)c2)C(C(C)C)CN1. The Kier molecular flexibility index (Phi) is 5.82. The summed E-state index contributed by atoms with van der Waals surface area (Å²) in [6.45, 7) is 12.8. The maximum absolute atomic E-state index is 4.28. The van der Waals surface area contributed by atoms with E-state index in [0.717, 1.165) is 25.4 Å². The second-order valence-corrected chi connectivity index (χ2v) is 6.98. The molecule has 4 nitrogen and oxygen atoms in total. The highest BCUT2D eigenvalue weighted by molar-refractivity contribution is 5.04. The second-order valence-electron chi connectivity index (χ2n) is 6.98. The van der Waals surface area contributed by atoms with Gasteiger partial charge in [-0.25, -0.2) is 0 Å². The summed E-state index contributed by atoms with van der Waals surface area (Å²) in [6, 6.07) is 1.29. The van der Waals surface area contributed by atoms with Crippen molar-refractivity contribution in [2.24, 2.45) is 18.9 Å². The van der Waals surface area contributed by atoms with E-state index in [2.05, 4.69) is 49.2 Å². The van der Waals surface area contributed by atoms with E-state index in [9.17, 15) is 0 Å². The van der Waals surface area contributed by atoms with E-state index in [1.165, 1.54) is 18.5 Å². The Balaban J connectivity index is 1.96. The van der Waals surface area contributed by atoms with Crippen LogP contribution < -0.4 is 5.32 Å². The summed E-state index contributed by atoms with van der Waals surface area (Å²) in [5.41, 5.74) is 1.35. The van der Waals surface area contributed by atoms with Crippen LogP contribution in [-0.4, -0.2) is 46.4 Å². The van der Waals surface area contributed by atoms with E-state index in [0.29, 0.717) is 18.0 Å². The fraction of sp³-hybridized carbons (Fsp3) is 0.824. The summed E-state index contributed by atoms with van der Waals surface area (Å²) in [7, 11) is 1.99. The fourth-order valence-electron chi connectivity index (χ4n) is 3.31. The van der Waals surface area contributed by atoms with E-state index in [1.807, 2.05) is 17.9 Å². The van der Waals surface area contributed by atoms with Crippen molar-refractivity contribution in [2.75, 3.05) is 19.6 Å². The number of hydrogen-bond donors (Lipinski definition) is 1. The minimum atomic E-state index is 0.638. The Hall–Kier alpha value is -0.870. The van der Waals surface area contributed by atoms with Gasteiger partial charge >= 0.3 is 0 Å². The largest absolute Gasteiger partial charge is 0.311 e. The summed E-state index contributed by atoms with van der Waals surface area (Å²) in [6.07, 6.45) is 6.49. The summed E-state index contributed by atoms with van der Waals surface area (Å²) in [5.74, 6) is 1.45. The highest BCUT2D eigenvalue weighted by Crippen LogP contribution is 2.20. The summed E-state index contributed by atoms with van der Waals surface area (Å²) in [5, 5.41) is 8.05. The van der Waals surface area contributed by atoms with Gasteiger partial charge in [0.15, 0.2) is 0 Å². The highest BCUT2D eigenvalue weighted by atomic mass is 15.2. The van der Waals surface area contributed by atoms with Crippen molar-refractivity contribution in [2.45, 2.75) is 52.6 Å². The quantitative estimate of drug-likeness (QED) is 0.873. The lowest BCUT2D eigenvalue weighted by atomic mass is 9.92. The molecule has 0 bridgehead atoms. The van der Waals surface area contributed by atoms with E-state index >= 15 is 0 Å². The number of hydrogen-bond acceptors (Lipinski definition) is 3. The van der Waals surface area contributed by atoms with Crippen LogP contribution in [0, 0.1) is 11.8 Å². The van der Waals surface area contributed by atoms with Crippen molar-refractivity contribution in [1.82, 2.24) is 20.0 Å². The number of nitrogens with one attached hydrogen (secondary N) is 1. The zero-order valence-corrected chi connectivity index (χ0v) is 14.3. The van der Waals surface area contributed by atoms with Gasteiger partial charge in [-0.15, -0.1) is 0 Å². The predicted molar refractivity (Wildman–Crippen MR) is 88.4 cm³/mol. The molecule has 2 heterocycles. The van der Waals surface area contributed by atoms with Gasteiger partial charge in [0, 0.05) is 45.0 Å². The van der Waals surface area contributed by atoms with Crippen molar-refractivity contribution in [1.29, 1.82) is 0 Å². The average molecular weight is 292 g/mol. The molecule has 4 heteroatoms. The molecule has 0 spiro atoms. The zero-order valence-electron chi connectivity index (χ0n) is 14.3. The molecular weight excluding hydrogens is 260 g/mol. The maximum Gasteiger partial charge on any atom is 0.0522 e. The number of rotatable bonds is 6. The van der Waals surface area contributed by atoms with E-state index in [1.54, 1.807) is 0 Å². The minimum Gasteiger partial charge on any atom is -0.311 e. The topological polar surface area (TPSA) is 33.1 Å². The van der Waals surface area contributed by atoms with Crippen molar-refractivity contribution in [3.63, 3.8) is 0 Å². The Morgan fingerprint density at radius 3 is 2.71 bits per heavy atom. The zero-order chi connectivity index (χ0) is 15.4. The molecule has 2 rings (SSSR count). The van der Waals surface area contributed by atoms with Crippen LogP contribution in [0.1, 0.15) is 39.7 Å². The first-order chi connectivity index (χ1) is 10.0. The Morgan fingerprint density at radius 1 is 1.38 bits per heavy atom. The molecule has 1 aromatic heterocycles. The van der Waals surface area contributed by atoms with Gasteiger partial charge in [-0.05, 0) is 23.8 Å². The van der Waals surface area contributed by atoms with Gasteiger partial charge in [-0.3, -0.25) is 9.58 Å². The standard InChI is InChI=1S/C17H32N4/c1-6-14(4)16-12-21(17(10-18-16)13(2)3)8-7-15-9-19-20(5)11-15/h9,11,13-14,16-18H,6-8,10,12H2,1-5H3. The smallest absolute Gasteiger partial charge is 0.0522 e. The highest BCUT2D eigenvalue weighted by Gasteiger charge is 2.31. The van der Waals surface area contributed by atoms with Crippen LogP contribution in [-0.2, 0) is 13.5 Å². The molecule has 1 aliphatic rings. The summed E-state index contributed by atoms with van der Waals surface area (Å²) < 4.78 is 1.90. The van der Waals surface area contributed by atoms with Crippen LogP contribution >= 0.6 is 0 Å². The Bertz CT molecular complexity index is 426. The third kappa shape index (κ3) is 4.30. The van der Waals surface area contributed by atoms with Crippen molar-refractivity contribution in [3.05, 3.63) is 18.0 Å². The monoisotopic (exact) mass is 292 g/mol. The van der Waals surface area contributed by atoms with Crippen molar-refractivity contribution < 1.29 is 0 Å². The first-order valence-corrected chi connectivity index (χ1v) is 8.46. The van der Waals surface area contributed by atoms with Gasteiger partial charge < -0.3 is 5.32 Å². The van der Waals surface area contributed by atoms with E-state index in [4.69, 9.17) is 0 Å². The molecule has 1 saturated heterocycles. The van der Waals surface area contributed by atoms with Gasteiger partial charge in [0.25, 0.3) is 0 Å². The number of aryl methyl sites for hydroxylation is 1. The summed E-state index contributed by atoms with van der Waals surface area (Å²) >= 11 is 0. The van der Waals surface area contributed by atoms with Gasteiger partial charge in [-0.1, -0.05) is 34.1 Å². The number of nitrogens with zero attached hydrogens (tertiary/aromatic N) is 3. The van der Waals surface area contributed by atoms with Gasteiger partial charge in [-0.2, -0.15) is 5.10 Å². The summed E-state index contributed by atoms with van der Waals surface area (Å²) in [4.78, 5) is 2.70. The van der Waals surface area contributed by atoms with Crippen LogP contribution in [0.4, 0.5) is 0 Å². The van der Waals surface area contributed by atoms with Gasteiger partial charge in [0.1, 0.15) is 0 Å². The van der Waals surface area contributed by atoms with Crippen LogP contribution in [0.5, 0.6) is 0 Å². The molecule has 0 saturated carbocycles. The molecule has 0 aliphatic carbocycles. The predicted octanol–water partition coefficient (Wildman–Crippen LogP) is 2.31. The molecule has 1 N–H and O–H groups in total. The fourth-order valence-corrected chi connectivity index (χ4v) is 3.31. The molecule has 1 aromatic rings. The van der Waals surface area contributed by atoms with Gasteiger partial charge in [0.05, 0.1) is 6.20 Å². The molecule has 0 radical (unpaired) electrons. The van der Waals surface area contributed by atoms with E-state index in [-0.39, 0.29) is 0 Å². The van der Waals surface area contributed by atoms with Crippen LogP contribution in [0.3, 0.4) is 0 Å². The first-order valence-electron chi connectivity index (χ1n) is 8.46. The molecule has 120 valence electrons. The third-order valence-corrected chi connectivity index (χ3v) is 5.04. The molecule has 3 unspecified atom stereocenters. The van der Waals surface area contributed by atoms with Crippen LogP contribution in [0.25, 0.3) is 0 Å². The molecule has 1 aliphatic heterocycles. The van der Waals surface area contributed by atoms with Crippen molar-refractivity contribution in [3.8, 4) is 0 Å². The molecule has 1 fully saturated rings. The van der Waals surface area contributed by atoms with E-state index < -0.39 is 0 Å². The average Bonchev–Trinajstić information content (AvgIpc) is 2.89. The Morgan fingerprint density at radius 2 is 2.14 bits per heavy atom. The number of aromatic nitrogens is 2. The maximum atomic E-state index is 4.28. The minimum absolute atomic E-state index is 0.638. The lowest BCUT2D eigenvalue weighted by Gasteiger charge is -2.44. The lowest BCUT2D eigenvalue weighted by Crippen LogP contribution is -2.60. The third-order valence-electron chi connectivity index (χ3n) is 5.04.